The first-order chi connectivity index (χ1) is 15.1. The highest BCUT2D eigenvalue weighted by molar-refractivity contribution is 7.99. The molecule has 2 atom stereocenters. The molecule has 0 aliphatic carbocycles. The van der Waals surface area contributed by atoms with Gasteiger partial charge in [-0.3, -0.25) is 14.2 Å². The van der Waals surface area contributed by atoms with Gasteiger partial charge in [0.05, 0.1) is 23.9 Å². The number of thioether (sulfide) groups is 1. The molecule has 2 unspecified atom stereocenters. The van der Waals surface area contributed by atoms with Gasteiger partial charge in [-0.05, 0) is 51.2 Å². The number of piperidine rings is 1. The number of hydrogen-bond donors (Lipinski definition) is 0. The molecule has 2 saturated heterocycles. The number of pyridine rings is 1. The first-order valence-electron chi connectivity index (χ1n) is 10.9. The maximum absolute atomic E-state index is 13.4. The van der Waals surface area contributed by atoms with Gasteiger partial charge in [0.15, 0.2) is 5.16 Å². The predicted octanol–water partition coefficient (Wildman–Crippen LogP) is 3.68. The number of aromatic nitrogens is 3. The maximum Gasteiger partial charge on any atom is 0.272 e. The molecule has 0 radical (unpaired) electrons. The fraction of sp³-hybridized carbons (Fsp3) is 0.545. The zero-order chi connectivity index (χ0) is 21.4. The molecule has 5 rings (SSSR count). The summed E-state index contributed by atoms with van der Waals surface area (Å²) in [4.78, 5) is 38.4. The van der Waals surface area contributed by atoms with Crippen LogP contribution in [0.3, 0.4) is 0 Å². The Hall–Kier alpha value is -1.97. The molecule has 2 aliphatic rings. The van der Waals surface area contributed by atoms with Crippen molar-refractivity contribution in [1.82, 2.24) is 19.4 Å². The summed E-state index contributed by atoms with van der Waals surface area (Å²) < 4.78 is 8.12. The molecule has 5 heterocycles. The summed E-state index contributed by atoms with van der Waals surface area (Å²) in [5.74, 6) is 0.403. The van der Waals surface area contributed by atoms with Crippen LogP contribution in [-0.2, 0) is 16.1 Å². The molecule has 3 aromatic rings. The van der Waals surface area contributed by atoms with Crippen molar-refractivity contribution in [3.63, 3.8) is 0 Å². The molecule has 7 nitrogen and oxygen atoms in total. The van der Waals surface area contributed by atoms with Crippen molar-refractivity contribution in [2.45, 2.75) is 62.9 Å². The molecular weight excluding hydrogens is 432 g/mol. The summed E-state index contributed by atoms with van der Waals surface area (Å²) in [5.41, 5.74) is 0.618. The third-order valence-electron chi connectivity index (χ3n) is 6.18. The number of nitrogens with zero attached hydrogens (tertiary/aromatic N) is 4. The minimum absolute atomic E-state index is 0.0154. The van der Waals surface area contributed by atoms with Crippen molar-refractivity contribution in [2.75, 3.05) is 18.9 Å². The number of thiophene rings is 1. The van der Waals surface area contributed by atoms with Gasteiger partial charge in [-0.15, -0.1) is 11.3 Å². The van der Waals surface area contributed by atoms with Gasteiger partial charge in [0.2, 0.25) is 5.91 Å². The van der Waals surface area contributed by atoms with Crippen LogP contribution < -0.4 is 5.56 Å². The topological polar surface area (TPSA) is 77.3 Å². The van der Waals surface area contributed by atoms with Gasteiger partial charge >= 0.3 is 0 Å². The summed E-state index contributed by atoms with van der Waals surface area (Å²) in [6, 6.07) is 4.09. The first-order valence-corrected chi connectivity index (χ1v) is 12.7. The number of rotatable bonds is 5. The van der Waals surface area contributed by atoms with Crippen molar-refractivity contribution in [2.24, 2.45) is 0 Å². The van der Waals surface area contributed by atoms with Crippen LogP contribution in [0.15, 0.2) is 28.3 Å². The number of hydrogen-bond acceptors (Lipinski definition) is 7. The molecule has 9 heteroatoms. The van der Waals surface area contributed by atoms with Crippen molar-refractivity contribution in [3.8, 4) is 0 Å². The van der Waals surface area contributed by atoms with Crippen molar-refractivity contribution >= 4 is 49.4 Å². The second-order valence-corrected chi connectivity index (χ2v) is 10.2. The Kier molecular flexibility index (Phi) is 5.99. The Balaban J connectivity index is 1.50. The standard InChI is InChI=1S/C22H26N4O3S2/c1-14-6-2-3-10-25(14)17(27)13-30-22-24-18-16-8-4-9-23-20(16)31-19(18)21(28)26(22)12-15-7-5-11-29-15/h4,8-9,14-15H,2-3,5-7,10-13H2,1H3. The lowest BCUT2D eigenvalue weighted by molar-refractivity contribution is -0.131. The Labute approximate surface area is 188 Å². The van der Waals surface area contributed by atoms with Gasteiger partial charge in [0.1, 0.15) is 9.53 Å². The van der Waals surface area contributed by atoms with E-state index >= 15 is 0 Å². The lowest BCUT2D eigenvalue weighted by atomic mass is 10.0. The van der Waals surface area contributed by atoms with Gasteiger partial charge in [0, 0.05) is 30.8 Å². The highest BCUT2D eigenvalue weighted by Crippen LogP contribution is 2.31. The lowest BCUT2D eigenvalue weighted by Gasteiger charge is -2.33. The van der Waals surface area contributed by atoms with Crippen molar-refractivity contribution in [3.05, 3.63) is 28.7 Å². The van der Waals surface area contributed by atoms with Gasteiger partial charge < -0.3 is 9.64 Å². The molecule has 2 fully saturated rings. The van der Waals surface area contributed by atoms with Gasteiger partial charge in [0.25, 0.3) is 5.56 Å². The number of carbonyl (C=O) groups excluding carboxylic acids is 1. The molecule has 0 spiro atoms. The summed E-state index contributed by atoms with van der Waals surface area (Å²) in [6.45, 7) is 4.14. The average molecular weight is 459 g/mol. The molecule has 0 bridgehead atoms. The monoisotopic (exact) mass is 458 g/mol. The molecule has 0 saturated carbocycles. The van der Waals surface area contributed by atoms with Crippen LogP contribution in [0.25, 0.3) is 20.4 Å². The smallest absolute Gasteiger partial charge is 0.272 e. The van der Waals surface area contributed by atoms with E-state index in [1.165, 1.54) is 29.5 Å². The average Bonchev–Trinajstić information content (AvgIpc) is 3.42. The van der Waals surface area contributed by atoms with Crippen LogP contribution >= 0.6 is 23.1 Å². The van der Waals surface area contributed by atoms with Crippen molar-refractivity contribution in [1.29, 1.82) is 0 Å². The van der Waals surface area contributed by atoms with Gasteiger partial charge in [-0.1, -0.05) is 11.8 Å². The van der Waals surface area contributed by atoms with Crippen LogP contribution in [0.5, 0.6) is 0 Å². The Morgan fingerprint density at radius 1 is 1.32 bits per heavy atom. The van der Waals surface area contributed by atoms with Gasteiger partial charge in [-0.25, -0.2) is 9.97 Å². The summed E-state index contributed by atoms with van der Waals surface area (Å²) in [5, 5.41) is 1.48. The zero-order valence-corrected chi connectivity index (χ0v) is 19.2. The van der Waals surface area contributed by atoms with E-state index in [9.17, 15) is 9.59 Å². The molecular formula is C22H26N4O3S2. The Morgan fingerprint density at radius 2 is 2.23 bits per heavy atom. The molecule has 164 valence electrons. The SMILES string of the molecule is CC1CCCCN1C(=O)CSc1nc2c(sc3ncccc32)c(=O)n1CC1CCCO1. The second kappa shape index (κ2) is 8.88. The molecule has 0 N–H and O–H groups in total. The van der Waals surface area contributed by atoms with E-state index in [0.717, 1.165) is 49.1 Å². The van der Waals surface area contributed by atoms with E-state index < -0.39 is 0 Å². The van der Waals surface area contributed by atoms with E-state index in [-0.39, 0.29) is 29.4 Å². The summed E-state index contributed by atoms with van der Waals surface area (Å²) >= 11 is 2.75. The quantitative estimate of drug-likeness (QED) is 0.429. The predicted molar refractivity (Wildman–Crippen MR) is 124 cm³/mol. The van der Waals surface area contributed by atoms with E-state index in [1.54, 1.807) is 10.8 Å². The summed E-state index contributed by atoms with van der Waals surface area (Å²) in [6.07, 6.45) is 6.98. The third-order valence-corrected chi connectivity index (χ3v) is 8.23. The Bertz CT molecular complexity index is 1170. The molecule has 1 amide bonds. The minimum atomic E-state index is -0.0650. The number of likely N-dealkylation sites (tertiary alicyclic amines) is 1. The number of amides is 1. The second-order valence-electron chi connectivity index (χ2n) is 8.30. The fourth-order valence-electron chi connectivity index (χ4n) is 4.48. The number of ether oxygens (including phenoxy) is 1. The highest BCUT2D eigenvalue weighted by Gasteiger charge is 2.25. The van der Waals surface area contributed by atoms with Crippen LogP contribution in [-0.4, -0.2) is 56.4 Å². The normalized spacial score (nSPS) is 21.9. The van der Waals surface area contributed by atoms with Crippen molar-refractivity contribution < 1.29 is 9.53 Å². The number of fused-ring (bicyclic) bond motifs is 3. The largest absolute Gasteiger partial charge is 0.376 e. The first kappa shape index (κ1) is 20.9. The van der Waals surface area contributed by atoms with Crippen LogP contribution in [0, 0.1) is 0 Å². The molecule has 2 aliphatic heterocycles. The third kappa shape index (κ3) is 4.10. The van der Waals surface area contributed by atoms with Crippen LogP contribution in [0.1, 0.15) is 39.0 Å². The lowest BCUT2D eigenvalue weighted by Crippen LogP contribution is -2.43. The summed E-state index contributed by atoms with van der Waals surface area (Å²) in [7, 11) is 0. The maximum atomic E-state index is 13.4. The molecule has 31 heavy (non-hydrogen) atoms. The molecule has 0 aromatic carbocycles. The fourth-order valence-corrected chi connectivity index (χ4v) is 6.40. The van der Waals surface area contributed by atoms with E-state index in [1.807, 2.05) is 17.0 Å². The van der Waals surface area contributed by atoms with E-state index in [4.69, 9.17) is 9.72 Å². The number of carbonyl (C=O) groups is 1. The van der Waals surface area contributed by atoms with Gasteiger partial charge in [-0.2, -0.15) is 0 Å². The Morgan fingerprint density at radius 3 is 3.03 bits per heavy atom. The van der Waals surface area contributed by atoms with Crippen LogP contribution in [0.4, 0.5) is 0 Å². The van der Waals surface area contributed by atoms with E-state index in [2.05, 4.69) is 11.9 Å². The van der Waals surface area contributed by atoms with Crippen LogP contribution in [0.2, 0.25) is 0 Å². The highest BCUT2D eigenvalue weighted by atomic mass is 32.2. The van der Waals surface area contributed by atoms with E-state index in [0.29, 0.717) is 21.9 Å². The minimum Gasteiger partial charge on any atom is -0.376 e. The molecule has 3 aromatic heterocycles. The zero-order valence-electron chi connectivity index (χ0n) is 17.6.